The number of nitrogens with two attached hydrogens (primary N) is 6. The van der Waals surface area contributed by atoms with Crippen LogP contribution in [0, 0.1) is 0 Å². The molecule has 9 rings (SSSR count). The number of halogens is 1. The van der Waals surface area contributed by atoms with Gasteiger partial charge in [0.2, 0.25) is 0 Å². The molecule has 9 aromatic rings. The van der Waals surface area contributed by atoms with Crippen LogP contribution in [-0.2, 0) is 48.0 Å². The Morgan fingerprint density at radius 3 is 0.884 bits per heavy atom. The lowest BCUT2D eigenvalue weighted by Gasteiger charge is -2.28. The van der Waals surface area contributed by atoms with Gasteiger partial charge in [-0.25, -0.2) is 0 Å². The molecular formula is C67H77ClN12O6. The van der Waals surface area contributed by atoms with Crippen LogP contribution in [0.25, 0.3) is 32.7 Å². The molecule has 18 nitrogen and oxygen atoms in total. The van der Waals surface area contributed by atoms with Gasteiger partial charge in [-0.05, 0) is 165 Å². The average Bonchev–Trinajstić information content (AvgIpc) is 3.42. The fraction of sp³-hybridized carbons (Fsp3) is 0.284. The van der Waals surface area contributed by atoms with Crippen LogP contribution in [0.5, 0.6) is 0 Å². The Kier molecular flexibility index (Phi) is 21.0. The number of amides is 3. The Labute approximate surface area is 505 Å². The molecule has 0 bridgehead atoms. The molecule has 0 fully saturated rings. The molecule has 6 aromatic carbocycles. The van der Waals surface area contributed by atoms with Crippen molar-refractivity contribution in [1.29, 1.82) is 0 Å². The fourth-order valence-corrected chi connectivity index (χ4v) is 11.2. The van der Waals surface area contributed by atoms with Gasteiger partial charge in [-0.1, -0.05) is 91.0 Å². The number of unbranched alkanes of at least 4 members (excludes halogenated alkanes) is 3. The number of benzene rings is 6. The van der Waals surface area contributed by atoms with Crippen LogP contribution in [0.3, 0.4) is 0 Å². The SMILES string of the molecule is Cl.NCCCC[C@](N)(C(=O)Cc1c[nH]c2ccccc12)C(=O)Nc1ccc(C(c2ccc(NC(=O)[C@](N)(CCCCN)C(=O)Cc3c[nH]c4ccccc34)cc2)c2ccc(NC(=O)[C@](N)(CCCCN)C(=O)Cc3c[nH]c4ccccc34)cc2)cc1. The highest BCUT2D eigenvalue weighted by atomic mass is 35.5. The maximum atomic E-state index is 14.3. The number of Topliss-reactive ketones (excluding diaryl/α,β-unsaturated/α-hetero) is 3. The number of carbonyl (C=O) groups excluding carboxylic acids is 6. The minimum atomic E-state index is -1.86. The molecule has 448 valence electrons. The van der Waals surface area contributed by atoms with E-state index < -0.39 is 57.6 Å². The number of rotatable bonds is 30. The summed E-state index contributed by atoms with van der Waals surface area (Å²) >= 11 is 0. The van der Waals surface area contributed by atoms with Crippen molar-refractivity contribution in [3.8, 4) is 0 Å². The Morgan fingerprint density at radius 2 is 0.628 bits per heavy atom. The van der Waals surface area contributed by atoms with E-state index in [2.05, 4.69) is 30.9 Å². The van der Waals surface area contributed by atoms with Crippen molar-refractivity contribution in [1.82, 2.24) is 15.0 Å². The molecule has 0 saturated carbocycles. The third-order valence-corrected chi connectivity index (χ3v) is 16.4. The number of anilines is 3. The summed E-state index contributed by atoms with van der Waals surface area (Å²) < 4.78 is 0. The van der Waals surface area contributed by atoms with Crippen LogP contribution in [0.4, 0.5) is 17.1 Å². The standard InChI is InChI=1S/C67H76N12O6.ClH/c68-34-10-7-31-65(71,58(80)37-46-40-74-55-16-4-1-13-52(46)55)62(83)77-49-25-19-43(20-26-49)61(44-21-27-50(28-22-44)78-63(84)66(72,32-8-11-35-69)59(81)38-47-41-75-56-17-5-2-14-53(47)56)45-23-29-51(30-24-45)79-64(85)67(73,33-9-12-36-70)60(82)39-48-42-76-57-18-6-3-15-54(48)57;/h1-6,13-30,40-42,61,74-76H,7-12,31-39,68-73H2,(H,77,83)(H,78,84)(H,79,85);1H/t65-,66-,67-;/m0./s1. The summed E-state index contributed by atoms with van der Waals surface area (Å²) in [6.07, 6.45) is 8.53. The van der Waals surface area contributed by atoms with Crippen molar-refractivity contribution in [3.05, 3.63) is 198 Å². The number of aromatic amines is 3. The van der Waals surface area contributed by atoms with Crippen LogP contribution >= 0.6 is 12.4 Å². The molecule has 0 aliphatic rings. The van der Waals surface area contributed by atoms with Crippen LogP contribution in [0.2, 0.25) is 0 Å². The lowest BCUT2D eigenvalue weighted by atomic mass is 9.83. The number of hydrogen-bond acceptors (Lipinski definition) is 12. The first kappa shape index (κ1) is 63.4. The number of nitrogens with one attached hydrogen (secondary N) is 6. The minimum Gasteiger partial charge on any atom is -0.361 e. The molecule has 19 heteroatoms. The lowest BCUT2D eigenvalue weighted by Crippen LogP contribution is -2.58. The second-order valence-corrected chi connectivity index (χ2v) is 22.2. The van der Waals surface area contributed by atoms with Gasteiger partial charge < -0.3 is 65.3 Å². The molecule has 0 unspecified atom stereocenters. The third kappa shape index (κ3) is 14.2. The number of para-hydroxylation sites is 3. The summed E-state index contributed by atoms with van der Waals surface area (Å²) in [6, 6.07) is 44.5. The zero-order chi connectivity index (χ0) is 60.1. The lowest BCUT2D eigenvalue weighted by molar-refractivity contribution is -0.134. The van der Waals surface area contributed by atoms with Gasteiger partial charge in [0.05, 0.1) is 0 Å². The first-order valence-electron chi connectivity index (χ1n) is 29.0. The van der Waals surface area contributed by atoms with Crippen LogP contribution < -0.4 is 50.4 Å². The van der Waals surface area contributed by atoms with Crippen LogP contribution in [-0.4, -0.2) is 86.3 Å². The van der Waals surface area contributed by atoms with E-state index in [-0.39, 0.29) is 50.9 Å². The maximum absolute atomic E-state index is 14.3. The Morgan fingerprint density at radius 1 is 0.372 bits per heavy atom. The molecule has 0 aliphatic heterocycles. The van der Waals surface area contributed by atoms with E-state index in [1.807, 2.05) is 109 Å². The van der Waals surface area contributed by atoms with E-state index in [0.29, 0.717) is 75.2 Å². The van der Waals surface area contributed by atoms with Crippen LogP contribution in [0.15, 0.2) is 164 Å². The molecule has 18 N–H and O–H groups in total. The summed E-state index contributed by atoms with van der Waals surface area (Å²) in [7, 11) is 0. The van der Waals surface area contributed by atoms with Crippen molar-refractivity contribution in [2.45, 2.75) is 99.6 Å². The first-order chi connectivity index (χ1) is 41.1. The number of ketones is 3. The molecule has 3 aromatic heterocycles. The van der Waals surface area contributed by atoms with Gasteiger partial charge in [-0.3, -0.25) is 28.8 Å². The van der Waals surface area contributed by atoms with Gasteiger partial charge >= 0.3 is 0 Å². The summed E-state index contributed by atoms with van der Waals surface area (Å²) in [4.78, 5) is 94.9. The molecular weight excluding hydrogens is 1100 g/mol. The van der Waals surface area contributed by atoms with Crippen molar-refractivity contribution in [2.75, 3.05) is 35.6 Å². The molecule has 3 heterocycles. The van der Waals surface area contributed by atoms with E-state index in [4.69, 9.17) is 34.4 Å². The van der Waals surface area contributed by atoms with E-state index in [1.165, 1.54) is 0 Å². The smallest absolute Gasteiger partial charge is 0.252 e. The van der Waals surface area contributed by atoms with Crippen LogP contribution in [0.1, 0.15) is 97.1 Å². The van der Waals surface area contributed by atoms with Crippen molar-refractivity contribution >= 4 is 97.2 Å². The predicted molar refractivity (Wildman–Crippen MR) is 344 cm³/mol. The van der Waals surface area contributed by atoms with Gasteiger partial charge in [0.1, 0.15) is 0 Å². The largest absolute Gasteiger partial charge is 0.361 e. The van der Waals surface area contributed by atoms with E-state index in [1.54, 1.807) is 55.0 Å². The van der Waals surface area contributed by atoms with E-state index in [9.17, 15) is 28.8 Å². The Bertz CT molecular complexity index is 3430. The number of fused-ring (bicyclic) bond motifs is 3. The van der Waals surface area contributed by atoms with Gasteiger partial charge in [0.15, 0.2) is 34.0 Å². The minimum absolute atomic E-state index is 0. The molecule has 0 radical (unpaired) electrons. The predicted octanol–water partition coefficient (Wildman–Crippen LogP) is 8.46. The third-order valence-electron chi connectivity index (χ3n) is 16.4. The summed E-state index contributed by atoms with van der Waals surface area (Å²) in [5, 5.41) is 11.4. The van der Waals surface area contributed by atoms with Gasteiger partial charge in [-0.15, -0.1) is 12.4 Å². The number of carbonyl (C=O) groups is 6. The quantitative estimate of drug-likeness (QED) is 0.0115. The fourth-order valence-electron chi connectivity index (χ4n) is 11.2. The monoisotopic (exact) mass is 1180 g/mol. The van der Waals surface area contributed by atoms with Gasteiger partial charge in [0.25, 0.3) is 17.7 Å². The van der Waals surface area contributed by atoms with E-state index in [0.717, 1.165) is 66.1 Å². The highest BCUT2D eigenvalue weighted by Gasteiger charge is 2.44. The molecule has 0 aliphatic carbocycles. The number of hydrogen-bond donors (Lipinski definition) is 12. The summed E-state index contributed by atoms with van der Waals surface area (Å²) in [6.45, 7) is 1.13. The first-order valence-corrected chi connectivity index (χ1v) is 29.0. The zero-order valence-electron chi connectivity index (χ0n) is 48.1. The van der Waals surface area contributed by atoms with Crippen molar-refractivity contribution < 1.29 is 28.8 Å². The maximum Gasteiger partial charge on any atom is 0.252 e. The highest BCUT2D eigenvalue weighted by Crippen LogP contribution is 2.35. The van der Waals surface area contributed by atoms with Crippen molar-refractivity contribution in [3.63, 3.8) is 0 Å². The Balaban J connectivity index is 0.00000961. The second kappa shape index (κ2) is 28.5. The molecule has 0 spiro atoms. The normalized spacial score (nSPS) is 13.6. The molecule has 3 amide bonds. The van der Waals surface area contributed by atoms with Crippen molar-refractivity contribution in [2.24, 2.45) is 34.4 Å². The average molecular weight is 1180 g/mol. The number of H-pyrrole nitrogens is 3. The second-order valence-electron chi connectivity index (χ2n) is 22.2. The summed E-state index contributed by atoms with van der Waals surface area (Å²) in [5.41, 5.74) is 40.8. The molecule has 0 saturated heterocycles. The molecule has 86 heavy (non-hydrogen) atoms. The molecule has 3 atom stereocenters. The van der Waals surface area contributed by atoms with Gasteiger partial charge in [-0.2, -0.15) is 0 Å². The highest BCUT2D eigenvalue weighted by molar-refractivity contribution is 6.18. The van der Waals surface area contributed by atoms with E-state index >= 15 is 0 Å². The Hall–Kier alpha value is -8.59. The van der Waals surface area contributed by atoms with Gasteiger partial charge in [0, 0.05) is 93.5 Å². The summed E-state index contributed by atoms with van der Waals surface area (Å²) in [5.74, 6) is -3.69. The number of aromatic nitrogens is 3. The topological polar surface area (TPSA) is 342 Å². The zero-order valence-corrected chi connectivity index (χ0v) is 48.9.